The van der Waals surface area contributed by atoms with Gasteiger partial charge in [-0.25, -0.2) is 16.8 Å². The van der Waals surface area contributed by atoms with Crippen LogP contribution in [0.15, 0.2) is 34.1 Å². The van der Waals surface area contributed by atoms with Crippen LogP contribution in [-0.2, 0) is 20.0 Å². The zero-order valence-corrected chi connectivity index (χ0v) is 18.5. The molecule has 158 valence electrons. The Bertz CT molecular complexity index is 1180. The molecule has 0 unspecified atom stereocenters. The van der Waals surface area contributed by atoms with Gasteiger partial charge in [0.2, 0.25) is 20.0 Å². The third-order valence-corrected chi connectivity index (χ3v) is 9.38. The van der Waals surface area contributed by atoms with Crippen LogP contribution in [-0.4, -0.2) is 57.5 Å². The lowest BCUT2D eigenvalue weighted by Crippen LogP contribution is -2.33. The van der Waals surface area contributed by atoms with Crippen molar-refractivity contribution in [3.63, 3.8) is 0 Å². The zero-order valence-electron chi connectivity index (χ0n) is 16.9. The molecular weight excluding hydrogens is 414 g/mol. The van der Waals surface area contributed by atoms with Gasteiger partial charge in [0.05, 0.1) is 10.6 Å². The molecule has 0 spiro atoms. The number of rotatable bonds is 8. The molecule has 1 aliphatic heterocycles. The predicted octanol–water partition coefficient (Wildman–Crippen LogP) is 2.47. The fourth-order valence-electron chi connectivity index (χ4n) is 3.74. The lowest BCUT2D eigenvalue weighted by Gasteiger charge is -2.23. The first-order valence-corrected chi connectivity index (χ1v) is 12.4. The Kier molecular flexibility index (Phi) is 5.74. The normalized spacial score (nSPS) is 14.2. The number of hydrogen-bond donors (Lipinski definition) is 1. The molecule has 0 saturated heterocycles. The minimum Gasteiger partial charge on any atom is -0.320 e. The highest BCUT2D eigenvalue weighted by molar-refractivity contribution is 7.90. The summed E-state index contributed by atoms with van der Waals surface area (Å²) in [5.41, 5.74) is 0.413. The molecule has 0 bridgehead atoms. The van der Waals surface area contributed by atoms with E-state index in [4.69, 9.17) is 0 Å². The van der Waals surface area contributed by atoms with Crippen molar-refractivity contribution in [2.75, 3.05) is 31.5 Å². The average Bonchev–Trinajstić information content (AvgIpc) is 3.01. The average molecular weight is 440 g/mol. The van der Waals surface area contributed by atoms with Gasteiger partial charge in [0.15, 0.2) is 0 Å². The van der Waals surface area contributed by atoms with E-state index in [9.17, 15) is 21.6 Å². The highest BCUT2D eigenvalue weighted by Gasteiger charge is 2.36. The van der Waals surface area contributed by atoms with Gasteiger partial charge in [-0.3, -0.25) is 4.79 Å². The van der Waals surface area contributed by atoms with E-state index in [2.05, 4.69) is 5.32 Å². The summed E-state index contributed by atoms with van der Waals surface area (Å²) >= 11 is 0. The summed E-state index contributed by atoms with van der Waals surface area (Å²) in [4.78, 5) is 12.2. The van der Waals surface area contributed by atoms with Gasteiger partial charge in [-0.1, -0.05) is 39.8 Å². The zero-order chi connectivity index (χ0) is 21.6. The third-order valence-electron chi connectivity index (χ3n) is 5.22. The molecule has 2 aromatic rings. The van der Waals surface area contributed by atoms with Crippen molar-refractivity contribution in [3.05, 3.63) is 29.8 Å². The molecule has 0 saturated carbocycles. The van der Waals surface area contributed by atoms with E-state index in [1.807, 2.05) is 0 Å². The maximum Gasteiger partial charge on any atom is 0.256 e. The predicted molar refractivity (Wildman–Crippen MR) is 112 cm³/mol. The Balaban J connectivity index is 2.47. The lowest BCUT2D eigenvalue weighted by atomic mass is 10.1. The summed E-state index contributed by atoms with van der Waals surface area (Å²) in [5.74, 6) is -0.445. The third kappa shape index (κ3) is 3.24. The van der Waals surface area contributed by atoms with Crippen molar-refractivity contribution >= 4 is 42.4 Å². The SMILES string of the molecule is CCN(CC)S(=O)(=O)c1cc(S(=O)(=O)N(CC)CC)c2cccc3c2c1NC3=O. The van der Waals surface area contributed by atoms with Crippen LogP contribution in [0.2, 0.25) is 0 Å². The molecule has 10 heteroatoms. The number of carbonyl (C=O) groups is 1. The van der Waals surface area contributed by atoms with Crippen molar-refractivity contribution in [1.82, 2.24) is 8.61 Å². The van der Waals surface area contributed by atoms with Crippen molar-refractivity contribution < 1.29 is 21.6 Å². The van der Waals surface area contributed by atoms with E-state index in [1.165, 1.54) is 14.7 Å². The van der Waals surface area contributed by atoms with Crippen LogP contribution in [0, 0.1) is 0 Å². The van der Waals surface area contributed by atoms with Crippen molar-refractivity contribution in [1.29, 1.82) is 0 Å². The number of benzene rings is 2. The van der Waals surface area contributed by atoms with Crippen LogP contribution in [0.1, 0.15) is 38.1 Å². The highest BCUT2D eigenvalue weighted by Crippen LogP contribution is 2.42. The van der Waals surface area contributed by atoms with E-state index in [1.54, 1.807) is 45.9 Å². The fourth-order valence-corrected chi connectivity index (χ4v) is 7.12. The molecule has 0 fully saturated rings. The maximum absolute atomic E-state index is 13.3. The minimum absolute atomic E-state index is 0.107. The largest absolute Gasteiger partial charge is 0.320 e. The van der Waals surface area contributed by atoms with Crippen LogP contribution in [0.3, 0.4) is 0 Å². The molecule has 0 atom stereocenters. The summed E-state index contributed by atoms with van der Waals surface area (Å²) in [6.45, 7) is 7.81. The van der Waals surface area contributed by atoms with Gasteiger partial charge < -0.3 is 5.32 Å². The minimum atomic E-state index is -4.01. The van der Waals surface area contributed by atoms with Crippen LogP contribution in [0.5, 0.6) is 0 Å². The Labute approximate surface area is 171 Å². The smallest absolute Gasteiger partial charge is 0.256 e. The van der Waals surface area contributed by atoms with Gasteiger partial charge in [0.25, 0.3) is 5.91 Å². The molecule has 2 aromatic carbocycles. The molecule has 1 heterocycles. The van der Waals surface area contributed by atoms with E-state index in [0.29, 0.717) is 10.8 Å². The molecule has 1 N–H and O–H groups in total. The quantitative estimate of drug-likeness (QED) is 0.680. The van der Waals surface area contributed by atoms with Crippen molar-refractivity contribution in [3.8, 4) is 0 Å². The first-order valence-electron chi connectivity index (χ1n) is 9.56. The summed E-state index contributed by atoms with van der Waals surface area (Å²) in [6.07, 6.45) is 0. The van der Waals surface area contributed by atoms with E-state index in [-0.39, 0.29) is 47.2 Å². The lowest BCUT2D eigenvalue weighted by molar-refractivity contribution is 0.103. The van der Waals surface area contributed by atoms with Crippen LogP contribution >= 0.6 is 0 Å². The van der Waals surface area contributed by atoms with Gasteiger partial charge in [-0.15, -0.1) is 0 Å². The number of nitrogens with one attached hydrogen (secondary N) is 1. The Morgan fingerprint density at radius 3 is 1.86 bits per heavy atom. The van der Waals surface area contributed by atoms with E-state index in [0.717, 1.165) is 0 Å². The van der Waals surface area contributed by atoms with Crippen molar-refractivity contribution in [2.45, 2.75) is 37.5 Å². The number of sulfonamides is 2. The number of hydrogen-bond acceptors (Lipinski definition) is 5. The van der Waals surface area contributed by atoms with Gasteiger partial charge in [0.1, 0.15) is 4.90 Å². The summed E-state index contributed by atoms with van der Waals surface area (Å²) in [6, 6.07) is 5.96. The van der Waals surface area contributed by atoms with Crippen molar-refractivity contribution in [2.24, 2.45) is 0 Å². The topological polar surface area (TPSA) is 104 Å². The molecule has 1 amide bonds. The molecule has 29 heavy (non-hydrogen) atoms. The molecule has 0 radical (unpaired) electrons. The first kappa shape index (κ1) is 21.7. The Morgan fingerprint density at radius 1 is 0.828 bits per heavy atom. The Morgan fingerprint density at radius 2 is 1.34 bits per heavy atom. The van der Waals surface area contributed by atoms with E-state index < -0.39 is 26.0 Å². The summed E-state index contributed by atoms with van der Waals surface area (Å²) in [5, 5.41) is 3.30. The maximum atomic E-state index is 13.3. The van der Waals surface area contributed by atoms with E-state index >= 15 is 0 Å². The number of nitrogens with zero attached hydrogens (tertiary/aromatic N) is 2. The second-order valence-electron chi connectivity index (χ2n) is 6.61. The van der Waals surface area contributed by atoms with Crippen LogP contribution in [0.25, 0.3) is 10.8 Å². The van der Waals surface area contributed by atoms with Crippen LogP contribution < -0.4 is 5.32 Å². The van der Waals surface area contributed by atoms with Crippen LogP contribution in [0.4, 0.5) is 5.69 Å². The second-order valence-corrected chi connectivity index (χ2v) is 10.4. The first-order chi connectivity index (χ1) is 13.6. The number of carbonyl (C=O) groups excluding carboxylic acids is 1. The molecule has 0 aromatic heterocycles. The number of amides is 1. The van der Waals surface area contributed by atoms with Gasteiger partial charge in [-0.05, 0) is 12.1 Å². The van der Waals surface area contributed by atoms with Gasteiger partial charge in [0, 0.05) is 42.5 Å². The molecular formula is C19H25N3O5S2. The summed E-state index contributed by atoms with van der Waals surface area (Å²) in [7, 11) is -7.97. The highest BCUT2D eigenvalue weighted by atomic mass is 32.2. The molecule has 1 aliphatic rings. The van der Waals surface area contributed by atoms with Gasteiger partial charge in [-0.2, -0.15) is 8.61 Å². The van der Waals surface area contributed by atoms with Gasteiger partial charge >= 0.3 is 0 Å². The monoisotopic (exact) mass is 439 g/mol. The summed E-state index contributed by atoms with van der Waals surface area (Å²) < 4.78 is 55.8. The Hall–Kier alpha value is -2.01. The molecule has 0 aliphatic carbocycles. The standard InChI is InChI=1S/C19H25N3O5S2/c1-5-21(6-2)28(24,25)15-12-16(29(26,27)22(7-3)8-4)18-17-13(15)10-9-11-14(17)19(23)20-18/h9-12H,5-8H2,1-4H3,(H,20,23). The molecule has 8 nitrogen and oxygen atoms in total. The molecule has 3 rings (SSSR count). The fraction of sp³-hybridized carbons (Fsp3) is 0.421. The number of anilines is 1. The second kappa shape index (κ2) is 7.67.